The molecule has 0 bridgehead atoms. The lowest BCUT2D eigenvalue weighted by molar-refractivity contribution is 0.892. The highest BCUT2D eigenvalue weighted by atomic mass is 32.1. The molecule has 0 aliphatic carbocycles. The maximum absolute atomic E-state index is 4.38. The molecule has 1 N–H and O–H groups in total. The number of thiophene rings is 1. The van der Waals surface area contributed by atoms with Gasteiger partial charge in [0, 0.05) is 22.3 Å². The van der Waals surface area contributed by atoms with E-state index in [-0.39, 0.29) is 0 Å². The predicted molar refractivity (Wildman–Crippen MR) is 63.1 cm³/mol. The fourth-order valence-electron chi connectivity index (χ4n) is 1.52. The summed E-state index contributed by atoms with van der Waals surface area (Å²) in [6.45, 7) is 6.39. The lowest BCUT2D eigenvalue weighted by Crippen LogP contribution is -2.11. The van der Waals surface area contributed by atoms with Crippen molar-refractivity contribution >= 4 is 27.2 Å². The van der Waals surface area contributed by atoms with E-state index >= 15 is 0 Å². The molecule has 0 saturated carbocycles. The molecule has 0 saturated heterocycles. The molecule has 0 aliphatic rings. The van der Waals surface area contributed by atoms with E-state index in [1.54, 1.807) is 11.3 Å². The van der Waals surface area contributed by atoms with E-state index in [9.17, 15) is 0 Å². The zero-order valence-electron chi connectivity index (χ0n) is 8.66. The van der Waals surface area contributed by atoms with Crippen LogP contribution < -0.4 is 5.32 Å². The Bertz CT molecular complexity index is 445. The van der Waals surface area contributed by atoms with E-state index in [2.05, 4.69) is 42.5 Å². The van der Waals surface area contributed by atoms with Gasteiger partial charge in [0.1, 0.15) is 5.82 Å². The monoisotopic (exact) mass is 206 g/mol. The van der Waals surface area contributed by atoms with Crippen LogP contribution in [0.4, 0.5) is 5.82 Å². The summed E-state index contributed by atoms with van der Waals surface area (Å²) in [5, 5.41) is 6.82. The van der Waals surface area contributed by atoms with Gasteiger partial charge in [-0.3, -0.25) is 0 Å². The quantitative estimate of drug-likeness (QED) is 0.814. The molecule has 2 aromatic rings. The average Bonchev–Trinajstić information content (AvgIpc) is 2.48. The maximum atomic E-state index is 4.38. The number of nitrogens with one attached hydrogen (secondary N) is 1. The number of pyridine rings is 1. The van der Waals surface area contributed by atoms with Gasteiger partial charge in [0.2, 0.25) is 0 Å². The topological polar surface area (TPSA) is 24.9 Å². The molecule has 0 radical (unpaired) electrons. The molecule has 74 valence electrons. The highest BCUT2D eigenvalue weighted by Crippen LogP contribution is 2.30. The van der Waals surface area contributed by atoms with Crippen molar-refractivity contribution in [1.29, 1.82) is 0 Å². The Balaban J connectivity index is 2.57. The highest BCUT2D eigenvalue weighted by Gasteiger charge is 2.07. The van der Waals surface area contributed by atoms with Crippen molar-refractivity contribution in [2.24, 2.45) is 0 Å². The molecule has 0 unspecified atom stereocenters. The van der Waals surface area contributed by atoms with E-state index < -0.39 is 0 Å². The van der Waals surface area contributed by atoms with E-state index in [4.69, 9.17) is 0 Å². The summed E-state index contributed by atoms with van der Waals surface area (Å²) >= 11 is 1.78. The minimum Gasteiger partial charge on any atom is -0.367 e. The molecule has 0 aliphatic heterocycles. The molecule has 0 amide bonds. The number of rotatable bonds is 2. The zero-order valence-corrected chi connectivity index (χ0v) is 9.48. The molecule has 0 aromatic carbocycles. The first-order valence-corrected chi connectivity index (χ1v) is 5.66. The summed E-state index contributed by atoms with van der Waals surface area (Å²) in [7, 11) is 0. The van der Waals surface area contributed by atoms with Gasteiger partial charge in [0.15, 0.2) is 0 Å². The van der Waals surface area contributed by atoms with Crippen molar-refractivity contribution < 1.29 is 0 Å². The minimum atomic E-state index is 0.424. The number of aromatic nitrogens is 1. The van der Waals surface area contributed by atoms with Gasteiger partial charge < -0.3 is 5.32 Å². The Kier molecular flexibility index (Phi) is 2.42. The van der Waals surface area contributed by atoms with Gasteiger partial charge in [0.25, 0.3) is 0 Å². The number of nitrogens with zero attached hydrogens (tertiary/aromatic N) is 1. The fraction of sp³-hybridized carbons (Fsp3) is 0.364. The first-order chi connectivity index (χ1) is 6.68. The van der Waals surface area contributed by atoms with Crippen molar-refractivity contribution in [3.05, 3.63) is 23.2 Å². The predicted octanol–water partition coefficient (Wildman–Crippen LogP) is 3.43. The van der Waals surface area contributed by atoms with Crippen LogP contribution in [0.1, 0.15) is 19.4 Å². The van der Waals surface area contributed by atoms with E-state index in [0.717, 1.165) is 5.82 Å². The van der Waals surface area contributed by atoms with Crippen molar-refractivity contribution in [2.45, 2.75) is 26.8 Å². The van der Waals surface area contributed by atoms with Crippen molar-refractivity contribution in [3.8, 4) is 0 Å². The van der Waals surface area contributed by atoms with E-state index in [1.165, 1.54) is 15.6 Å². The molecule has 14 heavy (non-hydrogen) atoms. The molecule has 2 heterocycles. The summed E-state index contributed by atoms with van der Waals surface area (Å²) in [6, 6.07) is 2.49. The van der Waals surface area contributed by atoms with Crippen LogP contribution in [-0.2, 0) is 0 Å². The van der Waals surface area contributed by atoms with Crippen LogP contribution in [0.25, 0.3) is 10.1 Å². The molecule has 2 nitrogen and oxygen atoms in total. The Hall–Kier alpha value is -1.09. The van der Waals surface area contributed by atoms with E-state index in [1.807, 2.05) is 6.20 Å². The van der Waals surface area contributed by atoms with Crippen molar-refractivity contribution in [3.63, 3.8) is 0 Å². The van der Waals surface area contributed by atoms with Crippen LogP contribution in [0.15, 0.2) is 17.6 Å². The van der Waals surface area contributed by atoms with Gasteiger partial charge in [0.05, 0.1) is 0 Å². The van der Waals surface area contributed by atoms with Crippen LogP contribution in [0.2, 0.25) is 0 Å². The third-order valence-electron chi connectivity index (χ3n) is 2.10. The number of anilines is 1. The summed E-state index contributed by atoms with van der Waals surface area (Å²) in [5.41, 5.74) is 1.31. The summed E-state index contributed by atoms with van der Waals surface area (Å²) in [4.78, 5) is 4.38. The Morgan fingerprint density at radius 2 is 2.21 bits per heavy atom. The van der Waals surface area contributed by atoms with E-state index in [0.29, 0.717) is 6.04 Å². The molecular weight excluding hydrogens is 192 g/mol. The maximum Gasteiger partial charge on any atom is 0.135 e. The standard InChI is InChI=1S/C11H14N2S/c1-7(2)13-11-10-8(3)6-14-9(10)4-5-12-11/h4-7H,1-3H3,(H,12,13). The van der Waals surface area contributed by atoms with Gasteiger partial charge in [-0.15, -0.1) is 11.3 Å². The van der Waals surface area contributed by atoms with Gasteiger partial charge >= 0.3 is 0 Å². The third-order valence-corrected chi connectivity index (χ3v) is 3.16. The molecule has 0 atom stereocenters. The van der Waals surface area contributed by atoms with Crippen molar-refractivity contribution in [1.82, 2.24) is 4.98 Å². The SMILES string of the molecule is Cc1csc2ccnc(NC(C)C)c12. The van der Waals surface area contributed by atoms with Crippen LogP contribution >= 0.6 is 11.3 Å². The van der Waals surface area contributed by atoms with Crippen LogP contribution in [0.5, 0.6) is 0 Å². The Morgan fingerprint density at radius 3 is 2.93 bits per heavy atom. The normalized spacial score (nSPS) is 11.1. The molecule has 0 spiro atoms. The third kappa shape index (κ3) is 1.60. The number of aryl methyl sites for hydroxylation is 1. The number of fused-ring (bicyclic) bond motifs is 1. The van der Waals surface area contributed by atoms with Crippen molar-refractivity contribution in [2.75, 3.05) is 5.32 Å². The summed E-state index contributed by atoms with van der Waals surface area (Å²) < 4.78 is 1.31. The Labute approximate surface area is 88.0 Å². The molecular formula is C11H14N2S. The zero-order chi connectivity index (χ0) is 10.1. The smallest absolute Gasteiger partial charge is 0.135 e. The number of hydrogen-bond donors (Lipinski definition) is 1. The largest absolute Gasteiger partial charge is 0.367 e. The molecule has 3 heteroatoms. The summed E-state index contributed by atoms with van der Waals surface area (Å²) in [6.07, 6.45) is 1.86. The van der Waals surface area contributed by atoms with Crippen LogP contribution in [0, 0.1) is 6.92 Å². The fourth-order valence-corrected chi connectivity index (χ4v) is 2.45. The second-order valence-electron chi connectivity index (χ2n) is 3.75. The lowest BCUT2D eigenvalue weighted by atomic mass is 10.2. The number of hydrogen-bond acceptors (Lipinski definition) is 3. The van der Waals surface area contributed by atoms with Gasteiger partial charge in [-0.05, 0) is 37.8 Å². The first kappa shape index (κ1) is 9.46. The average molecular weight is 206 g/mol. The lowest BCUT2D eigenvalue weighted by Gasteiger charge is -2.10. The second kappa shape index (κ2) is 3.58. The second-order valence-corrected chi connectivity index (χ2v) is 4.66. The summed E-state index contributed by atoms with van der Waals surface area (Å²) in [5.74, 6) is 1.01. The van der Waals surface area contributed by atoms with Gasteiger partial charge in [-0.1, -0.05) is 0 Å². The highest BCUT2D eigenvalue weighted by molar-refractivity contribution is 7.17. The van der Waals surface area contributed by atoms with Crippen LogP contribution in [0.3, 0.4) is 0 Å². The van der Waals surface area contributed by atoms with Crippen LogP contribution in [-0.4, -0.2) is 11.0 Å². The first-order valence-electron chi connectivity index (χ1n) is 4.78. The molecule has 2 rings (SSSR count). The van der Waals surface area contributed by atoms with Gasteiger partial charge in [-0.25, -0.2) is 4.98 Å². The minimum absolute atomic E-state index is 0.424. The molecule has 0 fully saturated rings. The van der Waals surface area contributed by atoms with Gasteiger partial charge in [-0.2, -0.15) is 0 Å². The molecule has 2 aromatic heterocycles. The Morgan fingerprint density at radius 1 is 1.43 bits per heavy atom.